The SMILES string of the molecule is Cc1cc(Oc2cccc(Cl)c2)c(C#N)c(C)n1. The molecule has 90 valence electrons. The number of hydrogen-bond acceptors (Lipinski definition) is 3. The van der Waals surface area contributed by atoms with Crippen molar-refractivity contribution in [3.8, 4) is 17.6 Å². The lowest BCUT2D eigenvalue weighted by atomic mass is 10.2. The standard InChI is InChI=1S/C14H11ClN2O/c1-9-6-14(13(8-16)10(2)17-9)18-12-5-3-4-11(15)7-12/h3-7H,1-2H3. The zero-order chi connectivity index (χ0) is 13.1. The summed E-state index contributed by atoms with van der Waals surface area (Å²) in [6.45, 7) is 3.65. The van der Waals surface area contributed by atoms with Crippen molar-refractivity contribution >= 4 is 11.6 Å². The number of nitriles is 1. The Morgan fingerprint density at radius 1 is 1.28 bits per heavy atom. The third-order valence-electron chi connectivity index (χ3n) is 2.43. The summed E-state index contributed by atoms with van der Waals surface area (Å²) in [6.07, 6.45) is 0. The quantitative estimate of drug-likeness (QED) is 0.817. The molecular weight excluding hydrogens is 248 g/mol. The molecule has 0 spiro atoms. The van der Waals surface area contributed by atoms with E-state index in [2.05, 4.69) is 11.1 Å². The van der Waals surface area contributed by atoms with Crippen molar-refractivity contribution in [2.24, 2.45) is 0 Å². The van der Waals surface area contributed by atoms with E-state index in [9.17, 15) is 0 Å². The molecule has 3 nitrogen and oxygen atoms in total. The molecule has 0 saturated heterocycles. The number of rotatable bonds is 2. The summed E-state index contributed by atoms with van der Waals surface area (Å²) in [6, 6.07) is 10.9. The highest BCUT2D eigenvalue weighted by Gasteiger charge is 2.10. The van der Waals surface area contributed by atoms with Crippen LogP contribution in [-0.4, -0.2) is 4.98 Å². The van der Waals surface area contributed by atoms with Gasteiger partial charge in [-0.3, -0.25) is 4.98 Å². The van der Waals surface area contributed by atoms with E-state index in [0.717, 1.165) is 5.69 Å². The Morgan fingerprint density at radius 3 is 2.72 bits per heavy atom. The summed E-state index contributed by atoms with van der Waals surface area (Å²) in [4.78, 5) is 4.24. The van der Waals surface area contributed by atoms with Gasteiger partial charge in [0, 0.05) is 16.8 Å². The van der Waals surface area contributed by atoms with Gasteiger partial charge in [0.1, 0.15) is 23.1 Å². The van der Waals surface area contributed by atoms with E-state index in [0.29, 0.717) is 27.8 Å². The minimum absolute atomic E-state index is 0.445. The van der Waals surface area contributed by atoms with Crippen LogP contribution in [0.1, 0.15) is 17.0 Å². The fraction of sp³-hybridized carbons (Fsp3) is 0.143. The molecule has 0 radical (unpaired) electrons. The molecule has 0 atom stereocenters. The van der Waals surface area contributed by atoms with Crippen molar-refractivity contribution in [1.82, 2.24) is 4.98 Å². The average Bonchev–Trinajstić information content (AvgIpc) is 2.28. The summed E-state index contributed by atoms with van der Waals surface area (Å²) in [5, 5.41) is 9.72. The summed E-state index contributed by atoms with van der Waals surface area (Å²) >= 11 is 5.89. The molecule has 1 aromatic heterocycles. The first kappa shape index (κ1) is 12.4. The highest BCUT2D eigenvalue weighted by atomic mass is 35.5. The second-order valence-electron chi connectivity index (χ2n) is 3.89. The Hall–Kier alpha value is -2.05. The fourth-order valence-corrected chi connectivity index (χ4v) is 1.85. The van der Waals surface area contributed by atoms with Gasteiger partial charge in [0.15, 0.2) is 0 Å². The number of aryl methyl sites for hydroxylation is 2. The van der Waals surface area contributed by atoms with E-state index < -0.39 is 0 Å². The largest absolute Gasteiger partial charge is 0.456 e. The lowest BCUT2D eigenvalue weighted by molar-refractivity contribution is 0.479. The van der Waals surface area contributed by atoms with Crippen LogP contribution in [0.5, 0.6) is 11.5 Å². The van der Waals surface area contributed by atoms with Gasteiger partial charge < -0.3 is 4.74 Å². The van der Waals surface area contributed by atoms with Crippen molar-refractivity contribution in [2.45, 2.75) is 13.8 Å². The van der Waals surface area contributed by atoms with E-state index in [-0.39, 0.29) is 0 Å². The van der Waals surface area contributed by atoms with Crippen molar-refractivity contribution in [3.05, 3.63) is 52.3 Å². The molecule has 0 unspecified atom stereocenters. The second kappa shape index (κ2) is 5.07. The molecule has 0 aliphatic rings. The number of ether oxygens (including phenoxy) is 1. The maximum atomic E-state index is 9.13. The van der Waals surface area contributed by atoms with Gasteiger partial charge in [-0.25, -0.2) is 0 Å². The molecule has 1 aromatic carbocycles. The second-order valence-corrected chi connectivity index (χ2v) is 4.33. The Bertz CT molecular complexity index is 632. The van der Waals surface area contributed by atoms with Gasteiger partial charge in [-0.15, -0.1) is 0 Å². The first-order valence-corrected chi connectivity index (χ1v) is 5.79. The normalized spacial score (nSPS) is 9.89. The van der Waals surface area contributed by atoms with E-state index in [1.54, 1.807) is 37.3 Å². The van der Waals surface area contributed by atoms with Crippen LogP contribution in [0.15, 0.2) is 30.3 Å². The zero-order valence-corrected chi connectivity index (χ0v) is 10.8. The van der Waals surface area contributed by atoms with E-state index in [4.69, 9.17) is 21.6 Å². The van der Waals surface area contributed by atoms with Gasteiger partial charge in [-0.2, -0.15) is 5.26 Å². The molecule has 0 N–H and O–H groups in total. The van der Waals surface area contributed by atoms with Gasteiger partial charge in [0.25, 0.3) is 0 Å². The van der Waals surface area contributed by atoms with Crippen molar-refractivity contribution < 1.29 is 4.74 Å². The Balaban J connectivity index is 2.43. The summed E-state index contributed by atoms with van der Waals surface area (Å²) in [5.74, 6) is 1.11. The van der Waals surface area contributed by atoms with Gasteiger partial charge in [-0.05, 0) is 32.0 Å². The molecule has 0 aliphatic heterocycles. The minimum Gasteiger partial charge on any atom is -0.456 e. The third kappa shape index (κ3) is 2.61. The highest BCUT2D eigenvalue weighted by Crippen LogP contribution is 2.28. The minimum atomic E-state index is 0.445. The maximum absolute atomic E-state index is 9.13. The van der Waals surface area contributed by atoms with Crippen LogP contribution < -0.4 is 4.74 Å². The molecule has 0 bridgehead atoms. The fourth-order valence-electron chi connectivity index (χ4n) is 1.67. The van der Waals surface area contributed by atoms with E-state index >= 15 is 0 Å². The lowest BCUT2D eigenvalue weighted by Crippen LogP contribution is -1.96. The predicted molar refractivity (Wildman–Crippen MR) is 70.0 cm³/mol. The summed E-state index contributed by atoms with van der Waals surface area (Å²) in [7, 11) is 0. The molecule has 0 aliphatic carbocycles. The van der Waals surface area contributed by atoms with Crippen LogP contribution >= 0.6 is 11.6 Å². The first-order valence-electron chi connectivity index (χ1n) is 5.42. The molecule has 4 heteroatoms. The smallest absolute Gasteiger partial charge is 0.148 e. The van der Waals surface area contributed by atoms with Crippen LogP contribution in [0.3, 0.4) is 0 Å². The van der Waals surface area contributed by atoms with Crippen molar-refractivity contribution in [1.29, 1.82) is 5.26 Å². The molecule has 18 heavy (non-hydrogen) atoms. The number of pyridine rings is 1. The molecule has 1 heterocycles. The van der Waals surface area contributed by atoms with E-state index in [1.165, 1.54) is 0 Å². The topological polar surface area (TPSA) is 45.9 Å². The summed E-state index contributed by atoms with van der Waals surface area (Å²) < 4.78 is 5.70. The number of aromatic nitrogens is 1. The number of halogens is 1. The Kier molecular flexibility index (Phi) is 3.50. The highest BCUT2D eigenvalue weighted by molar-refractivity contribution is 6.30. The monoisotopic (exact) mass is 258 g/mol. The van der Waals surface area contributed by atoms with Crippen LogP contribution in [0.2, 0.25) is 5.02 Å². The Morgan fingerprint density at radius 2 is 2.06 bits per heavy atom. The van der Waals surface area contributed by atoms with Crippen LogP contribution in [0.25, 0.3) is 0 Å². The van der Waals surface area contributed by atoms with E-state index in [1.807, 2.05) is 6.92 Å². The van der Waals surface area contributed by atoms with Crippen LogP contribution in [0, 0.1) is 25.2 Å². The number of benzene rings is 1. The van der Waals surface area contributed by atoms with Crippen LogP contribution in [0.4, 0.5) is 0 Å². The molecule has 0 amide bonds. The van der Waals surface area contributed by atoms with Gasteiger partial charge in [-0.1, -0.05) is 17.7 Å². The van der Waals surface area contributed by atoms with Crippen LogP contribution in [-0.2, 0) is 0 Å². The van der Waals surface area contributed by atoms with Gasteiger partial charge in [0.2, 0.25) is 0 Å². The summed E-state index contributed by atoms with van der Waals surface area (Å²) in [5.41, 5.74) is 1.92. The molecule has 2 aromatic rings. The maximum Gasteiger partial charge on any atom is 0.148 e. The van der Waals surface area contributed by atoms with Crippen molar-refractivity contribution in [2.75, 3.05) is 0 Å². The predicted octanol–water partition coefficient (Wildman–Crippen LogP) is 4.02. The van der Waals surface area contributed by atoms with Crippen molar-refractivity contribution in [3.63, 3.8) is 0 Å². The molecule has 0 fully saturated rings. The number of nitrogens with zero attached hydrogens (tertiary/aromatic N) is 2. The Labute approximate surface area is 111 Å². The first-order chi connectivity index (χ1) is 8.60. The zero-order valence-electron chi connectivity index (χ0n) is 10.1. The van der Waals surface area contributed by atoms with Gasteiger partial charge in [0.05, 0.1) is 5.69 Å². The third-order valence-corrected chi connectivity index (χ3v) is 2.66. The number of hydrogen-bond donors (Lipinski definition) is 0. The van der Waals surface area contributed by atoms with Gasteiger partial charge >= 0.3 is 0 Å². The lowest BCUT2D eigenvalue weighted by Gasteiger charge is -2.10. The average molecular weight is 259 g/mol. The molecular formula is C14H11ClN2O. The molecule has 0 saturated carbocycles. The molecule has 2 rings (SSSR count).